The summed E-state index contributed by atoms with van der Waals surface area (Å²) < 4.78 is 19.5. The minimum Gasteiger partial charge on any atom is -0.490 e. The van der Waals surface area contributed by atoms with E-state index in [2.05, 4.69) is 19.2 Å². The molecule has 1 saturated heterocycles. The van der Waals surface area contributed by atoms with Gasteiger partial charge in [0.2, 0.25) is 0 Å². The Labute approximate surface area is 119 Å². The highest BCUT2D eigenvalue weighted by Gasteiger charge is 2.27. The summed E-state index contributed by atoms with van der Waals surface area (Å²) in [6.07, 6.45) is 2.24. The molecule has 106 valence electrons. The zero-order valence-corrected chi connectivity index (χ0v) is 12.2. The van der Waals surface area contributed by atoms with Crippen LogP contribution in [0.4, 0.5) is 4.39 Å². The summed E-state index contributed by atoms with van der Waals surface area (Å²) >= 11 is 5.69. The summed E-state index contributed by atoms with van der Waals surface area (Å²) in [6, 6.07) is 4.66. The summed E-state index contributed by atoms with van der Waals surface area (Å²) in [4.78, 5) is 0. The highest BCUT2D eigenvalue weighted by Crippen LogP contribution is 2.27. The van der Waals surface area contributed by atoms with E-state index in [-0.39, 0.29) is 11.1 Å². The largest absolute Gasteiger partial charge is 0.490 e. The molecule has 1 unspecified atom stereocenters. The fraction of sp³-hybridized carbons (Fsp3) is 0.600. The van der Waals surface area contributed by atoms with Gasteiger partial charge in [-0.25, -0.2) is 4.39 Å². The predicted molar refractivity (Wildman–Crippen MR) is 76.3 cm³/mol. The summed E-state index contributed by atoms with van der Waals surface area (Å²) in [7, 11) is 0. The number of rotatable bonds is 5. The molecule has 0 bridgehead atoms. The van der Waals surface area contributed by atoms with E-state index >= 15 is 0 Å². The van der Waals surface area contributed by atoms with E-state index in [1.165, 1.54) is 6.07 Å². The lowest BCUT2D eigenvalue weighted by Crippen LogP contribution is -2.30. The van der Waals surface area contributed by atoms with E-state index in [0.717, 1.165) is 25.9 Å². The van der Waals surface area contributed by atoms with Crippen molar-refractivity contribution in [2.75, 3.05) is 13.1 Å². The van der Waals surface area contributed by atoms with Crippen LogP contribution in [-0.2, 0) is 0 Å². The molecule has 1 aliphatic heterocycles. The fourth-order valence-electron chi connectivity index (χ4n) is 2.52. The lowest BCUT2D eigenvalue weighted by molar-refractivity contribution is 0.119. The van der Waals surface area contributed by atoms with Gasteiger partial charge in [0, 0.05) is 18.5 Å². The normalized spacial score (nSPS) is 20.8. The zero-order chi connectivity index (χ0) is 13.8. The van der Waals surface area contributed by atoms with Crippen LogP contribution in [0.15, 0.2) is 18.2 Å². The second-order valence-corrected chi connectivity index (χ2v) is 6.02. The van der Waals surface area contributed by atoms with Crippen LogP contribution in [0.25, 0.3) is 0 Å². The molecule has 1 aromatic carbocycles. The molecule has 2 rings (SSSR count). The molecule has 0 aliphatic carbocycles. The molecule has 0 spiro atoms. The Morgan fingerprint density at radius 1 is 1.47 bits per heavy atom. The van der Waals surface area contributed by atoms with Crippen LogP contribution in [-0.4, -0.2) is 19.2 Å². The first kappa shape index (κ1) is 14.6. The van der Waals surface area contributed by atoms with Crippen molar-refractivity contribution in [1.82, 2.24) is 5.32 Å². The van der Waals surface area contributed by atoms with Gasteiger partial charge in [0.25, 0.3) is 0 Å². The molecule has 0 aromatic heterocycles. The summed E-state index contributed by atoms with van der Waals surface area (Å²) in [5.41, 5.74) is 0. The van der Waals surface area contributed by atoms with Crippen molar-refractivity contribution in [3.8, 4) is 5.75 Å². The molecule has 0 saturated carbocycles. The first-order valence-corrected chi connectivity index (χ1v) is 7.26. The summed E-state index contributed by atoms with van der Waals surface area (Å²) in [5.74, 6) is 1.20. The topological polar surface area (TPSA) is 21.3 Å². The van der Waals surface area contributed by atoms with Gasteiger partial charge in [0.15, 0.2) is 0 Å². The fourth-order valence-corrected chi connectivity index (χ4v) is 2.64. The van der Waals surface area contributed by atoms with Crippen molar-refractivity contribution < 1.29 is 9.13 Å². The third kappa shape index (κ3) is 4.08. The van der Waals surface area contributed by atoms with Gasteiger partial charge in [0.05, 0.1) is 5.02 Å². The van der Waals surface area contributed by atoms with Gasteiger partial charge in [-0.1, -0.05) is 25.4 Å². The maximum absolute atomic E-state index is 13.4. The van der Waals surface area contributed by atoms with Gasteiger partial charge in [-0.15, -0.1) is 0 Å². The molecule has 2 atom stereocenters. The van der Waals surface area contributed by atoms with Gasteiger partial charge < -0.3 is 10.1 Å². The van der Waals surface area contributed by atoms with Crippen LogP contribution in [0.2, 0.25) is 5.02 Å². The van der Waals surface area contributed by atoms with Crippen LogP contribution >= 0.6 is 11.6 Å². The Morgan fingerprint density at radius 2 is 2.26 bits per heavy atom. The van der Waals surface area contributed by atoms with Crippen LogP contribution in [0.5, 0.6) is 5.75 Å². The number of ether oxygens (including phenoxy) is 1. The van der Waals surface area contributed by atoms with Crippen molar-refractivity contribution in [2.45, 2.75) is 32.8 Å². The van der Waals surface area contributed by atoms with Crippen LogP contribution in [0.1, 0.15) is 26.7 Å². The van der Waals surface area contributed by atoms with Crippen molar-refractivity contribution in [2.24, 2.45) is 11.8 Å². The minimum atomic E-state index is -0.424. The lowest BCUT2D eigenvalue weighted by Gasteiger charge is -2.26. The van der Waals surface area contributed by atoms with Crippen molar-refractivity contribution in [1.29, 1.82) is 0 Å². The van der Waals surface area contributed by atoms with Crippen molar-refractivity contribution in [3.05, 3.63) is 29.0 Å². The molecule has 19 heavy (non-hydrogen) atoms. The standard InChI is InChI=1S/C15H21ClFNO/c1-10(2)7-15(11-5-6-18-9-11)19-12-3-4-13(16)14(17)8-12/h3-4,8,10-11,15,18H,5-7,9H2,1-2H3/t11?,15-/m0/s1. The molecule has 0 radical (unpaired) electrons. The Bertz CT molecular complexity index is 419. The first-order chi connectivity index (χ1) is 9.06. The molecule has 1 aliphatic rings. The molecule has 0 amide bonds. The Morgan fingerprint density at radius 3 is 2.84 bits per heavy atom. The van der Waals surface area contributed by atoms with Gasteiger partial charge in [-0.05, 0) is 37.4 Å². The van der Waals surface area contributed by atoms with Crippen molar-refractivity contribution in [3.63, 3.8) is 0 Å². The maximum Gasteiger partial charge on any atom is 0.145 e. The molecular formula is C15H21ClFNO. The number of benzene rings is 1. The van der Waals surface area contributed by atoms with Crippen molar-refractivity contribution >= 4 is 11.6 Å². The van der Waals surface area contributed by atoms with E-state index < -0.39 is 5.82 Å². The zero-order valence-electron chi connectivity index (χ0n) is 11.5. The molecule has 1 aromatic rings. The quantitative estimate of drug-likeness (QED) is 0.886. The van der Waals surface area contributed by atoms with E-state index in [1.54, 1.807) is 12.1 Å². The first-order valence-electron chi connectivity index (χ1n) is 6.88. The molecule has 1 fully saturated rings. The molecular weight excluding hydrogens is 265 g/mol. The maximum atomic E-state index is 13.4. The smallest absolute Gasteiger partial charge is 0.145 e. The van der Waals surface area contributed by atoms with E-state index in [1.807, 2.05) is 0 Å². The third-order valence-electron chi connectivity index (χ3n) is 3.51. The molecule has 4 heteroatoms. The van der Waals surface area contributed by atoms with Crippen LogP contribution < -0.4 is 10.1 Å². The SMILES string of the molecule is CC(C)C[C@H](Oc1ccc(Cl)c(F)c1)C1CCNC1. The second kappa shape index (κ2) is 6.58. The second-order valence-electron chi connectivity index (χ2n) is 5.61. The number of nitrogens with one attached hydrogen (secondary N) is 1. The lowest BCUT2D eigenvalue weighted by atomic mass is 9.93. The number of hydrogen-bond donors (Lipinski definition) is 1. The Kier molecular flexibility index (Phi) is 5.06. The minimum absolute atomic E-state index is 0.135. The molecule has 1 N–H and O–H groups in total. The van der Waals surface area contributed by atoms with Gasteiger partial charge in [-0.3, -0.25) is 0 Å². The van der Waals surface area contributed by atoms with Crippen LogP contribution in [0.3, 0.4) is 0 Å². The van der Waals surface area contributed by atoms with E-state index in [9.17, 15) is 4.39 Å². The summed E-state index contributed by atoms with van der Waals surface area (Å²) in [6.45, 7) is 6.38. The Balaban J connectivity index is 2.07. The van der Waals surface area contributed by atoms with Gasteiger partial charge in [-0.2, -0.15) is 0 Å². The number of hydrogen-bond acceptors (Lipinski definition) is 2. The number of halogens is 2. The summed E-state index contributed by atoms with van der Waals surface area (Å²) in [5, 5.41) is 3.49. The average molecular weight is 286 g/mol. The Hall–Kier alpha value is -0.800. The van der Waals surface area contributed by atoms with E-state index in [4.69, 9.17) is 16.3 Å². The monoisotopic (exact) mass is 285 g/mol. The molecule has 2 nitrogen and oxygen atoms in total. The highest BCUT2D eigenvalue weighted by atomic mass is 35.5. The van der Waals surface area contributed by atoms with E-state index in [0.29, 0.717) is 17.6 Å². The van der Waals surface area contributed by atoms with Crippen LogP contribution in [0, 0.1) is 17.7 Å². The van der Waals surface area contributed by atoms with Gasteiger partial charge in [0.1, 0.15) is 17.7 Å². The molecule has 1 heterocycles. The van der Waals surface area contributed by atoms with Gasteiger partial charge >= 0.3 is 0 Å². The average Bonchev–Trinajstić information content (AvgIpc) is 2.86. The third-order valence-corrected chi connectivity index (χ3v) is 3.81. The predicted octanol–water partition coefficient (Wildman–Crippen LogP) is 3.88. The highest BCUT2D eigenvalue weighted by molar-refractivity contribution is 6.30.